The van der Waals surface area contributed by atoms with Gasteiger partial charge in [-0.1, -0.05) is 30.3 Å². The molecule has 0 saturated carbocycles. The SMILES string of the molecule is Cc1cccc(OCCNC(=O)NCc2ccccc2F)c1. The Balaban J connectivity index is 1.65. The van der Waals surface area contributed by atoms with Crippen LogP contribution in [0, 0.1) is 12.7 Å². The Bertz CT molecular complexity index is 632. The first-order valence-electron chi connectivity index (χ1n) is 7.10. The van der Waals surface area contributed by atoms with E-state index in [9.17, 15) is 9.18 Å². The average Bonchev–Trinajstić information content (AvgIpc) is 2.51. The van der Waals surface area contributed by atoms with Crippen molar-refractivity contribution in [2.75, 3.05) is 13.2 Å². The zero-order valence-electron chi connectivity index (χ0n) is 12.4. The molecule has 2 N–H and O–H groups in total. The lowest BCUT2D eigenvalue weighted by molar-refractivity contribution is 0.236. The minimum absolute atomic E-state index is 0.150. The maximum Gasteiger partial charge on any atom is 0.315 e. The van der Waals surface area contributed by atoms with E-state index >= 15 is 0 Å². The zero-order valence-corrected chi connectivity index (χ0v) is 12.4. The number of urea groups is 1. The summed E-state index contributed by atoms with van der Waals surface area (Å²) in [5.74, 6) is 0.444. The quantitative estimate of drug-likeness (QED) is 0.806. The molecule has 0 radical (unpaired) electrons. The van der Waals surface area contributed by atoms with Crippen molar-refractivity contribution in [1.82, 2.24) is 10.6 Å². The van der Waals surface area contributed by atoms with Crippen molar-refractivity contribution in [3.63, 3.8) is 0 Å². The fourth-order valence-corrected chi connectivity index (χ4v) is 1.92. The van der Waals surface area contributed by atoms with Crippen LogP contribution < -0.4 is 15.4 Å². The summed E-state index contributed by atoms with van der Waals surface area (Å²) in [5.41, 5.74) is 1.57. The molecule has 0 heterocycles. The highest BCUT2D eigenvalue weighted by atomic mass is 19.1. The Hall–Kier alpha value is -2.56. The molecule has 0 aromatic heterocycles. The Labute approximate surface area is 129 Å². The number of halogens is 1. The summed E-state index contributed by atoms with van der Waals surface area (Å²) in [5, 5.41) is 5.26. The van der Waals surface area contributed by atoms with Crippen molar-refractivity contribution >= 4 is 6.03 Å². The van der Waals surface area contributed by atoms with Crippen LogP contribution in [0.15, 0.2) is 48.5 Å². The number of aryl methyl sites for hydroxylation is 1. The van der Waals surface area contributed by atoms with Crippen LogP contribution in [0.25, 0.3) is 0 Å². The smallest absolute Gasteiger partial charge is 0.315 e. The molecule has 0 aliphatic heterocycles. The minimum atomic E-state index is -0.351. The second kappa shape index (κ2) is 8.02. The molecular formula is C17H19FN2O2. The van der Waals surface area contributed by atoms with Crippen LogP contribution in [0.4, 0.5) is 9.18 Å². The van der Waals surface area contributed by atoms with Gasteiger partial charge >= 0.3 is 6.03 Å². The maximum absolute atomic E-state index is 13.4. The predicted molar refractivity (Wildman–Crippen MR) is 83.3 cm³/mol. The van der Waals surface area contributed by atoms with Crippen LogP contribution >= 0.6 is 0 Å². The number of ether oxygens (including phenoxy) is 1. The molecule has 0 atom stereocenters. The number of benzene rings is 2. The van der Waals surface area contributed by atoms with Crippen molar-refractivity contribution in [2.24, 2.45) is 0 Å². The van der Waals surface area contributed by atoms with E-state index in [2.05, 4.69) is 10.6 Å². The first-order valence-corrected chi connectivity index (χ1v) is 7.10. The van der Waals surface area contributed by atoms with Crippen LogP contribution in [-0.2, 0) is 6.54 Å². The van der Waals surface area contributed by atoms with Crippen LogP contribution in [0.1, 0.15) is 11.1 Å². The summed E-state index contributed by atoms with van der Waals surface area (Å²) in [7, 11) is 0. The first-order chi connectivity index (χ1) is 10.6. The third kappa shape index (κ3) is 5.09. The zero-order chi connectivity index (χ0) is 15.8. The van der Waals surface area contributed by atoms with Gasteiger partial charge in [-0.25, -0.2) is 9.18 Å². The standard InChI is InChI=1S/C17H19FN2O2/c1-13-5-4-7-15(11-13)22-10-9-19-17(21)20-12-14-6-2-3-8-16(14)18/h2-8,11H,9-10,12H2,1H3,(H2,19,20,21). The third-order valence-corrected chi connectivity index (χ3v) is 3.04. The lowest BCUT2D eigenvalue weighted by Crippen LogP contribution is -2.37. The molecule has 116 valence electrons. The van der Waals surface area contributed by atoms with E-state index in [1.54, 1.807) is 18.2 Å². The maximum atomic E-state index is 13.4. The molecule has 0 unspecified atom stereocenters. The van der Waals surface area contributed by atoms with Gasteiger partial charge in [0.25, 0.3) is 0 Å². The Morgan fingerprint density at radius 1 is 1.14 bits per heavy atom. The fraction of sp³-hybridized carbons (Fsp3) is 0.235. The summed E-state index contributed by atoms with van der Waals surface area (Å²) in [6.07, 6.45) is 0. The van der Waals surface area contributed by atoms with Gasteiger partial charge in [-0.3, -0.25) is 0 Å². The van der Waals surface area contributed by atoms with Crippen molar-refractivity contribution in [2.45, 2.75) is 13.5 Å². The van der Waals surface area contributed by atoms with Gasteiger partial charge < -0.3 is 15.4 Å². The fourth-order valence-electron chi connectivity index (χ4n) is 1.92. The van der Waals surface area contributed by atoms with E-state index in [1.807, 2.05) is 31.2 Å². The molecule has 4 nitrogen and oxygen atoms in total. The molecule has 0 fully saturated rings. The molecule has 0 aliphatic rings. The van der Waals surface area contributed by atoms with E-state index in [1.165, 1.54) is 6.07 Å². The van der Waals surface area contributed by atoms with E-state index in [0.29, 0.717) is 18.7 Å². The van der Waals surface area contributed by atoms with Gasteiger partial charge in [-0.05, 0) is 30.7 Å². The van der Waals surface area contributed by atoms with Crippen molar-refractivity contribution < 1.29 is 13.9 Å². The van der Waals surface area contributed by atoms with Gasteiger partial charge in [0.15, 0.2) is 0 Å². The van der Waals surface area contributed by atoms with Crippen LogP contribution in [0.3, 0.4) is 0 Å². The van der Waals surface area contributed by atoms with Crippen LogP contribution in [0.2, 0.25) is 0 Å². The van der Waals surface area contributed by atoms with Gasteiger partial charge in [0.05, 0.1) is 6.54 Å². The molecule has 2 rings (SSSR count). The molecular weight excluding hydrogens is 283 g/mol. The molecule has 22 heavy (non-hydrogen) atoms. The number of carbonyl (C=O) groups is 1. The molecule has 0 spiro atoms. The highest BCUT2D eigenvalue weighted by molar-refractivity contribution is 5.73. The van der Waals surface area contributed by atoms with E-state index in [4.69, 9.17) is 4.74 Å². The lowest BCUT2D eigenvalue weighted by Gasteiger charge is -2.10. The highest BCUT2D eigenvalue weighted by Gasteiger charge is 2.03. The third-order valence-electron chi connectivity index (χ3n) is 3.04. The van der Waals surface area contributed by atoms with Gasteiger partial charge in [0.2, 0.25) is 0 Å². The van der Waals surface area contributed by atoms with Crippen molar-refractivity contribution in [3.8, 4) is 5.75 Å². The Kier molecular flexibility index (Phi) is 5.77. The molecule has 2 amide bonds. The number of hydrogen-bond donors (Lipinski definition) is 2. The molecule has 0 aliphatic carbocycles. The minimum Gasteiger partial charge on any atom is -0.492 e. The second-order valence-corrected chi connectivity index (χ2v) is 4.87. The van der Waals surface area contributed by atoms with Crippen LogP contribution in [-0.4, -0.2) is 19.2 Å². The summed E-state index contributed by atoms with van der Waals surface area (Å²) >= 11 is 0. The Morgan fingerprint density at radius 3 is 2.73 bits per heavy atom. The number of rotatable bonds is 6. The van der Waals surface area contributed by atoms with Crippen molar-refractivity contribution in [3.05, 3.63) is 65.5 Å². The van der Waals surface area contributed by atoms with Gasteiger partial charge in [0, 0.05) is 12.1 Å². The Morgan fingerprint density at radius 2 is 1.95 bits per heavy atom. The normalized spacial score (nSPS) is 10.1. The average molecular weight is 302 g/mol. The van der Waals surface area contributed by atoms with E-state index < -0.39 is 0 Å². The highest BCUT2D eigenvalue weighted by Crippen LogP contribution is 2.11. The topological polar surface area (TPSA) is 50.4 Å². The second-order valence-electron chi connectivity index (χ2n) is 4.87. The first kappa shape index (κ1) is 15.8. The van der Waals surface area contributed by atoms with Crippen molar-refractivity contribution in [1.29, 1.82) is 0 Å². The molecule has 5 heteroatoms. The number of carbonyl (C=O) groups excluding carboxylic acids is 1. The summed E-state index contributed by atoms with van der Waals surface area (Å²) in [6, 6.07) is 13.7. The largest absolute Gasteiger partial charge is 0.492 e. The molecule has 0 saturated heterocycles. The van der Waals surface area contributed by atoms with Gasteiger partial charge in [-0.2, -0.15) is 0 Å². The van der Waals surface area contributed by atoms with E-state index in [-0.39, 0.29) is 18.4 Å². The number of amides is 2. The summed E-state index contributed by atoms with van der Waals surface area (Å²) < 4.78 is 18.9. The molecule has 0 bridgehead atoms. The number of nitrogens with one attached hydrogen (secondary N) is 2. The van der Waals surface area contributed by atoms with Crippen LogP contribution in [0.5, 0.6) is 5.75 Å². The number of hydrogen-bond acceptors (Lipinski definition) is 2. The monoisotopic (exact) mass is 302 g/mol. The lowest BCUT2D eigenvalue weighted by atomic mass is 10.2. The summed E-state index contributed by atoms with van der Waals surface area (Å²) in [6.45, 7) is 2.88. The van der Waals surface area contributed by atoms with Gasteiger partial charge in [0.1, 0.15) is 18.2 Å². The van der Waals surface area contributed by atoms with Gasteiger partial charge in [-0.15, -0.1) is 0 Å². The van der Waals surface area contributed by atoms with E-state index in [0.717, 1.165) is 11.3 Å². The molecule has 2 aromatic carbocycles. The summed E-state index contributed by atoms with van der Waals surface area (Å²) in [4.78, 5) is 11.6. The predicted octanol–water partition coefficient (Wildman–Crippen LogP) is 3.01. The molecule has 2 aromatic rings.